The fourth-order valence-corrected chi connectivity index (χ4v) is 3.00. The van der Waals surface area contributed by atoms with E-state index >= 15 is 0 Å². The Morgan fingerprint density at radius 3 is 2.32 bits per heavy atom. The summed E-state index contributed by atoms with van der Waals surface area (Å²) in [5.74, 6) is 0.791. The summed E-state index contributed by atoms with van der Waals surface area (Å²) in [6.45, 7) is 10.3. The van der Waals surface area contributed by atoms with Crippen LogP contribution in [0.1, 0.15) is 44.7 Å². The number of hydrogen-bond acceptors (Lipinski definition) is 3. The first-order valence-electron chi connectivity index (χ1n) is 8.28. The van der Waals surface area contributed by atoms with Gasteiger partial charge >= 0.3 is 0 Å². The molecule has 2 rings (SSSR count). The van der Waals surface area contributed by atoms with Crippen LogP contribution in [0.25, 0.3) is 10.9 Å². The van der Waals surface area contributed by atoms with Crippen LogP contribution in [0.5, 0.6) is 0 Å². The molecule has 0 unspecified atom stereocenters. The van der Waals surface area contributed by atoms with Gasteiger partial charge in [-0.1, -0.05) is 26.8 Å². The third-order valence-corrected chi connectivity index (χ3v) is 4.03. The predicted molar refractivity (Wildman–Crippen MR) is 93.9 cm³/mol. The maximum Gasteiger partial charge on any atom is 0.262 e. The second-order valence-corrected chi connectivity index (χ2v) is 5.94. The van der Waals surface area contributed by atoms with Gasteiger partial charge in [0.2, 0.25) is 5.95 Å². The van der Waals surface area contributed by atoms with E-state index in [0.717, 1.165) is 60.3 Å². The number of aryl methyl sites for hydroxylation is 2. The lowest BCUT2D eigenvalue weighted by Gasteiger charge is -2.25. The number of rotatable bonds is 6. The van der Waals surface area contributed by atoms with Gasteiger partial charge in [-0.25, -0.2) is 4.98 Å². The first kappa shape index (κ1) is 16.5. The number of hydrogen-bond donors (Lipinski definition) is 0. The fraction of sp³-hybridized carbons (Fsp3) is 0.556. The SMILES string of the molecule is CCCN(CCC)c1nc2c(CC)cc(C)cc2c(=O)n1C. The van der Waals surface area contributed by atoms with Crippen molar-refractivity contribution < 1.29 is 0 Å². The van der Waals surface area contributed by atoms with Crippen LogP contribution in [0.2, 0.25) is 0 Å². The Kier molecular flexibility index (Phi) is 5.22. The summed E-state index contributed by atoms with van der Waals surface area (Å²) in [6.07, 6.45) is 2.98. The van der Waals surface area contributed by atoms with Gasteiger partial charge in [0.15, 0.2) is 0 Å². The summed E-state index contributed by atoms with van der Waals surface area (Å²) in [6, 6.07) is 4.10. The second-order valence-electron chi connectivity index (χ2n) is 5.94. The number of nitrogens with zero attached hydrogens (tertiary/aromatic N) is 3. The van der Waals surface area contributed by atoms with E-state index in [1.165, 1.54) is 0 Å². The molecular weight excluding hydrogens is 274 g/mol. The van der Waals surface area contributed by atoms with E-state index in [0.29, 0.717) is 0 Å². The molecule has 1 aromatic carbocycles. The lowest BCUT2D eigenvalue weighted by atomic mass is 10.0. The third kappa shape index (κ3) is 3.01. The van der Waals surface area contributed by atoms with E-state index < -0.39 is 0 Å². The maximum absolute atomic E-state index is 12.8. The molecule has 1 aromatic heterocycles. The smallest absolute Gasteiger partial charge is 0.262 e. The largest absolute Gasteiger partial charge is 0.342 e. The van der Waals surface area contributed by atoms with Crippen LogP contribution in [0.3, 0.4) is 0 Å². The Morgan fingerprint density at radius 1 is 1.14 bits per heavy atom. The highest BCUT2D eigenvalue weighted by Gasteiger charge is 2.15. The molecule has 4 heteroatoms. The molecule has 0 radical (unpaired) electrons. The van der Waals surface area contributed by atoms with Gasteiger partial charge in [-0.3, -0.25) is 9.36 Å². The highest BCUT2D eigenvalue weighted by molar-refractivity contribution is 5.83. The maximum atomic E-state index is 12.8. The molecule has 0 saturated heterocycles. The average Bonchev–Trinajstić information content (AvgIpc) is 2.50. The quantitative estimate of drug-likeness (QED) is 0.820. The number of anilines is 1. The molecule has 0 aliphatic rings. The van der Waals surface area contributed by atoms with Crippen LogP contribution < -0.4 is 10.5 Å². The van der Waals surface area contributed by atoms with Crippen molar-refractivity contribution in [2.45, 2.75) is 47.0 Å². The summed E-state index contributed by atoms with van der Waals surface area (Å²) in [7, 11) is 1.83. The molecule has 0 amide bonds. The van der Waals surface area contributed by atoms with E-state index in [-0.39, 0.29) is 5.56 Å². The van der Waals surface area contributed by atoms with Gasteiger partial charge in [-0.15, -0.1) is 0 Å². The van der Waals surface area contributed by atoms with Gasteiger partial charge in [-0.05, 0) is 43.4 Å². The van der Waals surface area contributed by atoms with Crippen LogP contribution in [0, 0.1) is 6.92 Å². The molecule has 0 spiro atoms. The standard InChI is InChI=1S/C18H27N3O/c1-6-9-21(10-7-2)18-19-16-14(8-3)11-13(4)12-15(16)17(22)20(18)5/h11-12H,6-10H2,1-5H3. The Labute approximate surface area is 132 Å². The Bertz CT molecular complexity index is 712. The zero-order valence-electron chi connectivity index (χ0n) is 14.4. The van der Waals surface area contributed by atoms with Gasteiger partial charge in [0.25, 0.3) is 5.56 Å². The van der Waals surface area contributed by atoms with Gasteiger partial charge in [-0.2, -0.15) is 0 Å². The monoisotopic (exact) mass is 301 g/mol. The van der Waals surface area contributed by atoms with E-state index in [4.69, 9.17) is 4.98 Å². The van der Waals surface area contributed by atoms with E-state index in [1.807, 2.05) is 20.0 Å². The minimum Gasteiger partial charge on any atom is -0.342 e. The molecule has 0 N–H and O–H groups in total. The van der Waals surface area contributed by atoms with Crippen LogP contribution in [-0.4, -0.2) is 22.6 Å². The molecule has 0 aliphatic heterocycles. The van der Waals surface area contributed by atoms with Crippen molar-refractivity contribution in [1.82, 2.24) is 9.55 Å². The molecule has 22 heavy (non-hydrogen) atoms. The van der Waals surface area contributed by atoms with E-state index in [2.05, 4.69) is 31.7 Å². The minimum atomic E-state index is 0.0515. The van der Waals surface area contributed by atoms with Gasteiger partial charge in [0, 0.05) is 20.1 Å². The lowest BCUT2D eigenvalue weighted by molar-refractivity contribution is 0.685. The number of aromatic nitrogens is 2. The predicted octanol–water partition coefficient (Wildman–Crippen LogP) is 3.43. The highest BCUT2D eigenvalue weighted by Crippen LogP contribution is 2.20. The Hall–Kier alpha value is -1.84. The molecule has 0 fully saturated rings. The first-order chi connectivity index (χ1) is 10.5. The number of fused-ring (bicyclic) bond motifs is 1. The number of benzene rings is 1. The third-order valence-electron chi connectivity index (χ3n) is 4.03. The van der Waals surface area contributed by atoms with Crippen molar-refractivity contribution in [2.75, 3.05) is 18.0 Å². The lowest BCUT2D eigenvalue weighted by Crippen LogP contribution is -2.33. The molecule has 0 bridgehead atoms. The van der Waals surface area contributed by atoms with Crippen LogP contribution in [-0.2, 0) is 13.5 Å². The van der Waals surface area contributed by atoms with Crippen molar-refractivity contribution in [1.29, 1.82) is 0 Å². The van der Waals surface area contributed by atoms with Crippen molar-refractivity contribution in [2.24, 2.45) is 7.05 Å². The van der Waals surface area contributed by atoms with Crippen LogP contribution in [0.15, 0.2) is 16.9 Å². The topological polar surface area (TPSA) is 38.1 Å². The van der Waals surface area contributed by atoms with Crippen molar-refractivity contribution in [3.63, 3.8) is 0 Å². The fourth-order valence-electron chi connectivity index (χ4n) is 3.00. The second kappa shape index (κ2) is 6.95. The highest BCUT2D eigenvalue weighted by atomic mass is 16.1. The summed E-state index contributed by atoms with van der Waals surface area (Å²) in [5.41, 5.74) is 3.19. The van der Waals surface area contributed by atoms with Crippen LogP contribution >= 0.6 is 0 Å². The molecule has 4 nitrogen and oxygen atoms in total. The summed E-state index contributed by atoms with van der Waals surface area (Å²) in [5, 5.41) is 0.732. The zero-order valence-corrected chi connectivity index (χ0v) is 14.4. The molecule has 120 valence electrons. The normalized spacial score (nSPS) is 11.1. The van der Waals surface area contributed by atoms with E-state index in [1.54, 1.807) is 4.57 Å². The molecule has 0 aliphatic carbocycles. The summed E-state index contributed by atoms with van der Waals surface area (Å²) in [4.78, 5) is 19.9. The van der Waals surface area contributed by atoms with Crippen molar-refractivity contribution in [3.8, 4) is 0 Å². The van der Waals surface area contributed by atoms with Gasteiger partial charge in [0.1, 0.15) is 0 Å². The molecule has 0 saturated carbocycles. The minimum absolute atomic E-state index is 0.0515. The van der Waals surface area contributed by atoms with Crippen LogP contribution in [0.4, 0.5) is 5.95 Å². The van der Waals surface area contributed by atoms with Gasteiger partial charge in [0.05, 0.1) is 10.9 Å². The van der Waals surface area contributed by atoms with Crippen molar-refractivity contribution >= 4 is 16.9 Å². The Balaban J connectivity index is 2.73. The molecular formula is C18H27N3O. The van der Waals surface area contributed by atoms with Crippen molar-refractivity contribution in [3.05, 3.63) is 33.6 Å². The first-order valence-corrected chi connectivity index (χ1v) is 8.28. The zero-order chi connectivity index (χ0) is 16.3. The molecule has 0 atom stereocenters. The summed E-state index contributed by atoms with van der Waals surface area (Å²) < 4.78 is 1.70. The van der Waals surface area contributed by atoms with E-state index in [9.17, 15) is 4.79 Å². The Morgan fingerprint density at radius 2 is 1.77 bits per heavy atom. The summed E-state index contributed by atoms with van der Waals surface area (Å²) >= 11 is 0. The van der Waals surface area contributed by atoms with Gasteiger partial charge < -0.3 is 4.90 Å². The molecule has 1 heterocycles. The average molecular weight is 301 g/mol. The molecule has 2 aromatic rings.